The van der Waals surface area contributed by atoms with Crippen molar-refractivity contribution in [1.29, 1.82) is 0 Å². The van der Waals surface area contributed by atoms with Gasteiger partial charge in [0.2, 0.25) is 0 Å². The molecule has 4 N–H and O–H groups in total. The average molecular weight is 541 g/mol. The van der Waals surface area contributed by atoms with Gasteiger partial charge in [0.25, 0.3) is 10.0 Å². The Morgan fingerprint density at radius 2 is 1.84 bits per heavy atom. The Balaban J connectivity index is 1.93. The van der Waals surface area contributed by atoms with Gasteiger partial charge in [-0.25, -0.2) is 13.2 Å². The summed E-state index contributed by atoms with van der Waals surface area (Å²) in [5.74, 6) is -0.279. The molecular weight excluding hydrogens is 500 g/mol. The van der Waals surface area contributed by atoms with E-state index in [1.165, 1.54) is 6.34 Å². The van der Waals surface area contributed by atoms with Crippen molar-refractivity contribution in [2.45, 2.75) is 103 Å². The van der Waals surface area contributed by atoms with Gasteiger partial charge in [-0.05, 0) is 84.9 Å². The van der Waals surface area contributed by atoms with Crippen LogP contribution in [0.2, 0.25) is 0 Å². The number of rotatable bonds is 11. The molecule has 0 radical (unpaired) electrons. The van der Waals surface area contributed by atoms with Crippen molar-refractivity contribution < 1.29 is 32.6 Å². The third-order valence-corrected chi connectivity index (χ3v) is 7.43. The zero-order valence-corrected chi connectivity index (χ0v) is 23.8. The summed E-state index contributed by atoms with van der Waals surface area (Å²) in [6.07, 6.45) is 1.76. The number of aliphatic carboxylic acids is 1. The first-order valence-electron chi connectivity index (χ1n) is 12.2. The molecule has 2 rings (SSSR count). The van der Waals surface area contributed by atoms with E-state index in [9.17, 15) is 18.0 Å². The number of hydrazine groups is 1. The highest BCUT2D eigenvalue weighted by Gasteiger charge is 2.36. The number of benzene rings is 1. The predicted molar refractivity (Wildman–Crippen MR) is 141 cm³/mol. The van der Waals surface area contributed by atoms with Crippen molar-refractivity contribution in [2.75, 3.05) is 6.54 Å². The Bertz CT molecular complexity index is 1150. The molecule has 0 spiro atoms. The SMILES string of the molecule is Cc1c(C)c(S(=O)(=O)NNC=NCCC[C@@H](CC(=O)O)NC(=O)OC(C)(C)C)c(C)c2c1OC(C)(C)C2. The molecule has 37 heavy (non-hydrogen) atoms. The zero-order chi connectivity index (χ0) is 28.2. The van der Waals surface area contributed by atoms with E-state index in [0.29, 0.717) is 36.9 Å². The minimum atomic E-state index is -3.89. The maximum atomic E-state index is 13.1. The molecule has 0 fully saturated rings. The van der Waals surface area contributed by atoms with Crippen molar-refractivity contribution in [3.8, 4) is 5.75 Å². The highest BCUT2D eigenvalue weighted by molar-refractivity contribution is 7.89. The molecule has 0 unspecified atom stereocenters. The van der Waals surface area contributed by atoms with Crippen LogP contribution in [-0.2, 0) is 26.0 Å². The number of carbonyl (C=O) groups is 2. The van der Waals surface area contributed by atoms with E-state index in [2.05, 4.69) is 20.6 Å². The molecular formula is C25H40N4O7S. The van der Waals surface area contributed by atoms with Gasteiger partial charge < -0.3 is 19.9 Å². The van der Waals surface area contributed by atoms with Gasteiger partial charge >= 0.3 is 12.1 Å². The van der Waals surface area contributed by atoms with E-state index in [-0.39, 0.29) is 11.3 Å². The Kier molecular flexibility index (Phi) is 9.58. The number of nitrogens with zero attached hydrogens (tertiary/aromatic N) is 1. The summed E-state index contributed by atoms with van der Waals surface area (Å²) < 4.78 is 37.4. The number of carboxylic acid groups (broad SMARTS) is 1. The van der Waals surface area contributed by atoms with Gasteiger partial charge in [0.15, 0.2) is 0 Å². The molecule has 1 heterocycles. The number of sulfonamides is 1. The van der Waals surface area contributed by atoms with Gasteiger partial charge in [0.1, 0.15) is 17.0 Å². The second-order valence-corrected chi connectivity index (χ2v) is 12.5. The Labute approximate surface area is 219 Å². The molecule has 1 aliphatic rings. The fourth-order valence-corrected chi connectivity index (χ4v) is 5.64. The van der Waals surface area contributed by atoms with E-state index in [1.54, 1.807) is 34.6 Å². The number of alkyl carbamates (subject to hydrolysis) is 1. The second kappa shape index (κ2) is 11.7. The third-order valence-electron chi connectivity index (χ3n) is 5.89. The number of fused-ring (bicyclic) bond motifs is 1. The van der Waals surface area contributed by atoms with Crippen LogP contribution in [0.15, 0.2) is 9.89 Å². The van der Waals surface area contributed by atoms with Crippen molar-refractivity contribution in [2.24, 2.45) is 4.99 Å². The summed E-state index contributed by atoms with van der Waals surface area (Å²) in [5.41, 5.74) is 4.42. The van der Waals surface area contributed by atoms with Crippen molar-refractivity contribution in [1.82, 2.24) is 15.6 Å². The second-order valence-electron chi connectivity index (χ2n) is 10.9. The smallest absolute Gasteiger partial charge is 0.407 e. The highest BCUT2D eigenvalue weighted by atomic mass is 32.2. The largest absolute Gasteiger partial charge is 0.487 e. The number of hydrogen-bond donors (Lipinski definition) is 4. The predicted octanol–water partition coefficient (Wildman–Crippen LogP) is 3.28. The maximum Gasteiger partial charge on any atom is 0.407 e. The van der Waals surface area contributed by atoms with E-state index in [4.69, 9.17) is 14.6 Å². The van der Waals surface area contributed by atoms with Gasteiger partial charge in [-0.2, -0.15) is 0 Å². The van der Waals surface area contributed by atoms with Gasteiger partial charge in [-0.15, -0.1) is 4.83 Å². The van der Waals surface area contributed by atoms with Gasteiger partial charge in [-0.3, -0.25) is 15.2 Å². The Morgan fingerprint density at radius 3 is 2.43 bits per heavy atom. The average Bonchev–Trinajstić information content (AvgIpc) is 3.05. The molecule has 1 aliphatic heterocycles. The fourth-order valence-electron chi connectivity index (χ4n) is 4.25. The molecule has 0 saturated heterocycles. The summed E-state index contributed by atoms with van der Waals surface area (Å²) in [4.78, 5) is 29.8. The lowest BCUT2D eigenvalue weighted by Gasteiger charge is -2.22. The topological polar surface area (TPSA) is 155 Å². The molecule has 12 heteroatoms. The molecule has 0 aliphatic carbocycles. The van der Waals surface area contributed by atoms with Crippen LogP contribution in [0.25, 0.3) is 0 Å². The molecule has 1 atom stereocenters. The molecule has 1 aromatic rings. The number of hydrogen-bond acceptors (Lipinski definition) is 7. The minimum absolute atomic E-state index is 0.218. The summed E-state index contributed by atoms with van der Waals surface area (Å²) in [6, 6.07) is -0.614. The van der Waals surface area contributed by atoms with Crippen molar-refractivity contribution >= 4 is 28.4 Å². The monoisotopic (exact) mass is 540 g/mol. The van der Waals surface area contributed by atoms with Crippen molar-refractivity contribution in [3.05, 3.63) is 22.3 Å². The van der Waals surface area contributed by atoms with E-state index < -0.39 is 39.3 Å². The quantitative estimate of drug-likeness (QED) is 0.144. The number of nitrogens with one attached hydrogen (secondary N) is 3. The standard InChI is InChI=1S/C25H40N4O7S/c1-15-16(2)22(17(3)19-13-25(7,8)35-21(15)19)37(33,34)29-27-14-26-11-9-10-18(12-20(30)31)28-23(32)36-24(4,5)6/h14,18,29H,9-13H2,1-8H3,(H,26,27)(H,28,32)(H,30,31)/t18-/m0/s1. The fraction of sp³-hybridized carbons (Fsp3) is 0.640. The molecule has 0 aromatic heterocycles. The van der Waals surface area contributed by atoms with Crippen LogP contribution in [0, 0.1) is 20.8 Å². The molecule has 1 aromatic carbocycles. The lowest BCUT2D eigenvalue weighted by atomic mass is 9.94. The van der Waals surface area contributed by atoms with Crippen LogP contribution >= 0.6 is 0 Å². The van der Waals surface area contributed by atoms with Crippen molar-refractivity contribution in [3.63, 3.8) is 0 Å². The lowest BCUT2D eigenvalue weighted by Crippen LogP contribution is -2.40. The molecule has 208 valence electrons. The van der Waals surface area contributed by atoms with Crippen LogP contribution in [0.3, 0.4) is 0 Å². The van der Waals surface area contributed by atoms with Crippen LogP contribution in [0.4, 0.5) is 4.79 Å². The third kappa shape index (κ3) is 8.60. The van der Waals surface area contributed by atoms with E-state index in [0.717, 1.165) is 16.9 Å². The first-order chi connectivity index (χ1) is 16.9. The highest BCUT2D eigenvalue weighted by Crippen LogP contribution is 2.43. The number of carbonyl (C=O) groups excluding carboxylic acids is 1. The first kappa shape index (κ1) is 30.4. The van der Waals surface area contributed by atoms with Gasteiger partial charge in [0, 0.05) is 24.6 Å². The number of amides is 1. The van der Waals surface area contributed by atoms with Gasteiger partial charge in [-0.1, -0.05) is 0 Å². The molecule has 11 nitrogen and oxygen atoms in total. The zero-order valence-electron chi connectivity index (χ0n) is 22.9. The van der Waals surface area contributed by atoms with Crippen LogP contribution in [-0.4, -0.2) is 55.7 Å². The Hall–Kier alpha value is -2.86. The minimum Gasteiger partial charge on any atom is -0.487 e. The molecule has 1 amide bonds. The first-order valence-corrected chi connectivity index (χ1v) is 13.7. The molecule has 0 saturated carbocycles. The number of ether oxygens (including phenoxy) is 2. The van der Waals surface area contributed by atoms with Gasteiger partial charge in [0.05, 0.1) is 17.7 Å². The summed E-state index contributed by atoms with van der Waals surface area (Å²) in [5, 5.41) is 11.7. The van der Waals surface area contributed by atoms with E-state index in [1.807, 2.05) is 20.8 Å². The van der Waals surface area contributed by atoms with Crippen LogP contribution in [0.5, 0.6) is 5.75 Å². The van der Waals surface area contributed by atoms with Crippen LogP contribution in [0.1, 0.15) is 76.1 Å². The summed E-state index contributed by atoms with van der Waals surface area (Å²) >= 11 is 0. The Morgan fingerprint density at radius 1 is 1.19 bits per heavy atom. The van der Waals surface area contributed by atoms with E-state index >= 15 is 0 Å². The number of aliphatic imine (C=N–C) groups is 1. The summed E-state index contributed by atoms with van der Waals surface area (Å²) in [7, 11) is -3.89. The lowest BCUT2D eigenvalue weighted by molar-refractivity contribution is -0.137. The normalized spacial score (nSPS) is 15.7. The molecule has 0 bridgehead atoms. The van der Waals surface area contributed by atoms with Crippen LogP contribution < -0.4 is 20.3 Å². The maximum absolute atomic E-state index is 13.1. The number of carboxylic acids is 1. The summed E-state index contributed by atoms with van der Waals surface area (Å²) in [6.45, 7) is 14.8.